The summed E-state index contributed by atoms with van der Waals surface area (Å²) in [6.07, 6.45) is 1.83. The lowest BCUT2D eigenvalue weighted by atomic mass is 9.75. The number of hydrogen-bond donors (Lipinski definition) is 2. The van der Waals surface area contributed by atoms with E-state index >= 15 is 0 Å². The molecule has 1 aliphatic heterocycles. The highest BCUT2D eigenvalue weighted by atomic mass is 32.1. The van der Waals surface area contributed by atoms with Crippen LogP contribution in [0.3, 0.4) is 0 Å². The molecule has 0 aromatic heterocycles. The van der Waals surface area contributed by atoms with Crippen LogP contribution in [-0.2, 0) is 19.3 Å². The van der Waals surface area contributed by atoms with Crippen molar-refractivity contribution in [3.63, 3.8) is 0 Å². The summed E-state index contributed by atoms with van der Waals surface area (Å²) in [6.45, 7) is 3.00. The number of aliphatic hydroxyl groups is 1. The van der Waals surface area contributed by atoms with Crippen LogP contribution in [0.15, 0.2) is 12.2 Å². The van der Waals surface area contributed by atoms with E-state index in [0.29, 0.717) is 5.75 Å². The summed E-state index contributed by atoms with van der Waals surface area (Å²) in [4.78, 5) is 21.5. The van der Waals surface area contributed by atoms with E-state index in [-0.39, 0.29) is 5.92 Å². The molecule has 1 aliphatic carbocycles. The van der Waals surface area contributed by atoms with Gasteiger partial charge in [-0.1, -0.05) is 0 Å². The summed E-state index contributed by atoms with van der Waals surface area (Å²) in [6, 6.07) is 0. The van der Waals surface area contributed by atoms with E-state index in [1.165, 1.54) is 6.92 Å². The van der Waals surface area contributed by atoms with Gasteiger partial charge in [-0.3, -0.25) is 4.79 Å². The van der Waals surface area contributed by atoms with Crippen LogP contribution < -0.4 is 0 Å². The summed E-state index contributed by atoms with van der Waals surface area (Å²) in [5, 5.41) is 9.84. The van der Waals surface area contributed by atoms with Crippen LogP contribution in [0.5, 0.6) is 0 Å². The number of aliphatic hydroxyl groups excluding tert-OH is 1. The number of carbonyl (C=O) groups is 1. The van der Waals surface area contributed by atoms with E-state index in [9.17, 15) is 9.90 Å². The van der Waals surface area contributed by atoms with Gasteiger partial charge < -0.3 is 9.84 Å². The maximum Gasteiger partial charge on any atom is 0.303 e. The van der Waals surface area contributed by atoms with Gasteiger partial charge in [-0.15, -0.1) is 0 Å². The smallest absolute Gasteiger partial charge is 0.303 e. The van der Waals surface area contributed by atoms with E-state index in [4.69, 9.17) is 14.5 Å². The first-order valence-electron chi connectivity index (χ1n) is 5.50. The highest BCUT2D eigenvalue weighted by molar-refractivity contribution is 7.80. The second kappa shape index (κ2) is 4.61. The molecule has 0 aromatic rings. The van der Waals surface area contributed by atoms with Gasteiger partial charge in [0.1, 0.15) is 17.8 Å². The molecule has 1 saturated heterocycles. The van der Waals surface area contributed by atoms with Crippen molar-refractivity contribution >= 4 is 18.6 Å². The maximum absolute atomic E-state index is 11.0. The Kier molecular flexibility index (Phi) is 3.49. The molecule has 1 heterocycles. The number of thiol groups is 1. The lowest BCUT2D eigenvalue weighted by molar-refractivity contribution is -0.315. The second-order valence-electron chi connectivity index (χ2n) is 4.46. The molecule has 1 fully saturated rings. The molecule has 2 aliphatic rings. The number of rotatable bonds is 3. The van der Waals surface area contributed by atoms with Crippen molar-refractivity contribution in [2.24, 2.45) is 5.92 Å². The van der Waals surface area contributed by atoms with Gasteiger partial charge in [-0.2, -0.15) is 12.6 Å². The summed E-state index contributed by atoms with van der Waals surface area (Å²) in [7, 11) is 0. The van der Waals surface area contributed by atoms with E-state index < -0.39 is 29.9 Å². The van der Waals surface area contributed by atoms with Crippen molar-refractivity contribution in [2.75, 3.05) is 5.75 Å². The predicted molar refractivity (Wildman–Crippen MR) is 62.4 cm³/mol. The van der Waals surface area contributed by atoms with Crippen LogP contribution in [0.2, 0.25) is 0 Å². The van der Waals surface area contributed by atoms with Crippen molar-refractivity contribution in [3.8, 4) is 0 Å². The van der Waals surface area contributed by atoms with Crippen molar-refractivity contribution in [1.82, 2.24) is 0 Å². The molecule has 5 atom stereocenters. The van der Waals surface area contributed by atoms with Crippen LogP contribution in [-0.4, -0.2) is 40.7 Å². The van der Waals surface area contributed by atoms with E-state index in [1.807, 2.05) is 0 Å². The zero-order valence-corrected chi connectivity index (χ0v) is 10.6. The van der Waals surface area contributed by atoms with Gasteiger partial charge in [-0.05, 0) is 19.1 Å². The highest BCUT2D eigenvalue weighted by Crippen LogP contribution is 2.44. The van der Waals surface area contributed by atoms with Crippen molar-refractivity contribution in [3.05, 3.63) is 12.2 Å². The first kappa shape index (κ1) is 12.9. The maximum atomic E-state index is 11.0. The number of fused-ring (bicyclic) bond motifs is 2. The number of ether oxygens (including phenoxy) is 1. The van der Waals surface area contributed by atoms with E-state index in [2.05, 4.69) is 12.6 Å². The van der Waals surface area contributed by atoms with Gasteiger partial charge in [-0.25, -0.2) is 9.78 Å². The van der Waals surface area contributed by atoms with Crippen LogP contribution in [0.1, 0.15) is 13.8 Å². The Labute approximate surface area is 105 Å². The third-order valence-corrected chi connectivity index (χ3v) is 3.69. The van der Waals surface area contributed by atoms with Crippen LogP contribution >= 0.6 is 12.6 Å². The molecule has 0 spiro atoms. The third-order valence-electron chi connectivity index (χ3n) is 3.19. The van der Waals surface area contributed by atoms with Crippen molar-refractivity contribution < 1.29 is 24.4 Å². The molecule has 2 bridgehead atoms. The average molecular weight is 260 g/mol. The molecule has 2 rings (SSSR count). The SMILES string of the molecule is CC(=O)O[C@@H]1C=C[C@]2(CS)OO[C@H]1[C@H]2[C@@H](C)O. The normalized spacial score (nSPS) is 41.3. The zero-order valence-electron chi connectivity index (χ0n) is 9.70. The Hall–Kier alpha value is -0.560. The fourth-order valence-corrected chi connectivity index (χ4v) is 2.84. The molecule has 0 aromatic carbocycles. The van der Waals surface area contributed by atoms with Gasteiger partial charge in [0.25, 0.3) is 0 Å². The van der Waals surface area contributed by atoms with Crippen molar-refractivity contribution in [1.29, 1.82) is 0 Å². The zero-order chi connectivity index (χ0) is 12.6. The van der Waals surface area contributed by atoms with Crippen LogP contribution in [0.25, 0.3) is 0 Å². The predicted octanol–water partition coefficient (Wildman–Crippen LogP) is 0.484. The molecule has 1 N–H and O–H groups in total. The summed E-state index contributed by atoms with van der Waals surface area (Å²) >= 11 is 4.23. The first-order valence-corrected chi connectivity index (χ1v) is 6.13. The molecule has 0 amide bonds. The summed E-state index contributed by atoms with van der Waals surface area (Å²) in [5.74, 6) is -0.297. The lowest BCUT2D eigenvalue weighted by Crippen LogP contribution is -2.51. The van der Waals surface area contributed by atoms with Crippen LogP contribution in [0, 0.1) is 5.92 Å². The molecule has 0 unspecified atom stereocenters. The highest BCUT2D eigenvalue weighted by Gasteiger charge is 2.57. The Morgan fingerprint density at radius 3 is 2.94 bits per heavy atom. The first-order chi connectivity index (χ1) is 8.00. The fourth-order valence-electron chi connectivity index (χ4n) is 2.47. The van der Waals surface area contributed by atoms with Crippen LogP contribution in [0.4, 0.5) is 0 Å². The minimum absolute atomic E-state index is 0.297. The third kappa shape index (κ3) is 2.10. The quantitative estimate of drug-likeness (QED) is 0.334. The summed E-state index contributed by atoms with van der Waals surface area (Å²) in [5.41, 5.74) is -0.738. The molecule has 0 saturated carbocycles. The van der Waals surface area contributed by atoms with Gasteiger partial charge in [0, 0.05) is 12.7 Å². The number of hydrogen-bond acceptors (Lipinski definition) is 6. The Bertz CT molecular complexity index is 343. The molecule has 0 radical (unpaired) electrons. The van der Waals surface area contributed by atoms with Crippen molar-refractivity contribution in [2.45, 2.75) is 37.8 Å². The molecule has 6 heteroatoms. The topological polar surface area (TPSA) is 65.0 Å². The van der Waals surface area contributed by atoms with Gasteiger partial charge in [0.15, 0.2) is 0 Å². The minimum atomic E-state index is -0.738. The van der Waals surface area contributed by atoms with Gasteiger partial charge in [0.2, 0.25) is 0 Å². The molecular weight excluding hydrogens is 244 g/mol. The van der Waals surface area contributed by atoms with Gasteiger partial charge >= 0.3 is 5.97 Å². The Morgan fingerprint density at radius 1 is 1.71 bits per heavy atom. The largest absolute Gasteiger partial charge is 0.455 e. The van der Waals surface area contributed by atoms with Gasteiger partial charge in [0.05, 0.1) is 12.0 Å². The molecule has 17 heavy (non-hydrogen) atoms. The van der Waals surface area contributed by atoms with E-state index in [0.717, 1.165) is 0 Å². The molecule has 96 valence electrons. The average Bonchev–Trinajstić information content (AvgIpc) is 2.56. The van der Waals surface area contributed by atoms with E-state index in [1.54, 1.807) is 19.1 Å². The number of carbonyl (C=O) groups excluding carboxylic acids is 1. The second-order valence-corrected chi connectivity index (χ2v) is 4.77. The minimum Gasteiger partial charge on any atom is -0.455 e. The Balaban J connectivity index is 2.27. The standard InChI is InChI=1S/C11H16O5S/c1-6(12)9-10-8(14-7(2)13)3-4-11(9,5-17)16-15-10/h3-4,6,8-10,12,17H,5H2,1-2H3/t6-,8-,9-,10-,11-/m1/s1. The summed E-state index contributed by atoms with van der Waals surface area (Å²) < 4.78 is 5.12. The monoisotopic (exact) mass is 260 g/mol. The number of esters is 1. The molecule has 5 nitrogen and oxygen atoms in total. The Morgan fingerprint density at radius 2 is 2.41 bits per heavy atom. The lowest BCUT2D eigenvalue weighted by Gasteiger charge is -2.35. The fraction of sp³-hybridized carbons (Fsp3) is 0.727. The molecular formula is C11H16O5S.